The standard InChI is InChI=1S/C22H16FN3O3/c23-18-5-2-6-19-20(18)17(12-25-19)22(28)26-14-7-9-15(10-8-14)29-16-4-1-3-13(11-16)21(24)27/h1-12,25H,(H2,24,27)(H,26,28). The molecule has 0 saturated heterocycles. The van der Waals surface area contributed by atoms with Crippen LogP contribution in [0.3, 0.4) is 0 Å². The maximum Gasteiger partial charge on any atom is 0.257 e. The molecule has 2 amide bonds. The molecule has 6 nitrogen and oxygen atoms in total. The van der Waals surface area contributed by atoms with Crippen molar-refractivity contribution in [3.05, 3.63) is 89.9 Å². The van der Waals surface area contributed by atoms with Gasteiger partial charge in [0.05, 0.1) is 5.56 Å². The third-order valence-corrected chi connectivity index (χ3v) is 4.37. The van der Waals surface area contributed by atoms with E-state index in [9.17, 15) is 14.0 Å². The molecule has 0 aliphatic carbocycles. The average molecular weight is 389 g/mol. The maximum absolute atomic E-state index is 14.1. The quantitative estimate of drug-likeness (QED) is 0.470. The maximum atomic E-state index is 14.1. The lowest BCUT2D eigenvalue weighted by atomic mass is 10.1. The molecule has 4 aromatic rings. The highest BCUT2D eigenvalue weighted by Gasteiger charge is 2.15. The first-order valence-corrected chi connectivity index (χ1v) is 8.76. The van der Waals surface area contributed by atoms with Crippen LogP contribution in [-0.4, -0.2) is 16.8 Å². The van der Waals surface area contributed by atoms with Gasteiger partial charge in [-0.3, -0.25) is 9.59 Å². The van der Waals surface area contributed by atoms with Gasteiger partial charge >= 0.3 is 0 Å². The number of hydrogen-bond donors (Lipinski definition) is 3. The SMILES string of the molecule is NC(=O)c1cccc(Oc2ccc(NC(=O)c3c[nH]c4cccc(F)c34)cc2)c1. The van der Waals surface area contributed by atoms with E-state index in [1.54, 1.807) is 60.7 Å². The summed E-state index contributed by atoms with van der Waals surface area (Å²) in [5, 5.41) is 2.99. The molecular formula is C22H16FN3O3. The van der Waals surface area contributed by atoms with Crippen LogP contribution in [0, 0.1) is 5.82 Å². The van der Waals surface area contributed by atoms with Gasteiger partial charge in [0.2, 0.25) is 5.91 Å². The van der Waals surface area contributed by atoms with Gasteiger partial charge in [-0.15, -0.1) is 0 Å². The number of benzene rings is 3. The van der Waals surface area contributed by atoms with Crippen LogP contribution in [-0.2, 0) is 0 Å². The Morgan fingerprint density at radius 2 is 1.72 bits per heavy atom. The lowest BCUT2D eigenvalue weighted by Gasteiger charge is -2.09. The highest BCUT2D eigenvalue weighted by Crippen LogP contribution is 2.25. The smallest absolute Gasteiger partial charge is 0.257 e. The Morgan fingerprint density at radius 1 is 0.966 bits per heavy atom. The number of rotatable bonds is 5. The molecular weight excluding hydrogens is 373 g/mol. The van der Waals surface area contributed by atoms with E-state index in [2.05, 4.69) is 10.3 Å². The van der Waals surface area contributed by atoms with Crippen LogP contribution in [0.1, 0.15) is 20.7 Å². The molecule has 0 radical (unpaired) electrons. The van der Waals surface area contributed by atoms with Gasteiger partial charge in [0.1, 0.15) is 17.3 Å². The molecule has 0 bridgehead atoms. The first-order valence-electron chi connectivity index (χ1n) is 8.76. The third kappa shape index (κ3) is 3.79. The number of carbonyl (C=O) groups is 2. The minimum Gasteiger partial charge on any atom is -0.457 e. The number of nitrogens with one attached hydrogen (secondary N) is 2. The molecule has 1 heterocycles. The van der Waals surface area contributed by atoms with Gasteiger partial charge in [0.25, 0.3) is 5.91 Å². The number of nitrogens with two attached hydrogens (primary N) is 1. The van der Waals surface area contributed by atoms with E-state index in [4.69, 9.17) is 10.5 Å². The van der Waals surface area contributed by atoms with Crippen molar-refractivity contribution in [2.75, 3.05) is 5.32 Å². The number of aromatic nitrogens is 1. The van der Waals surface area contributed by atoms with Crippen molar-refractivity contribution in [1.29, 1.82) is 0 Å². The van der Waals surface area contributed by atoms with Crippen molar-refractivity contribution in [2.24, 2.45) is 5.73 Å². The summed E-state index contributed by atoms with van der Waals surface area (Å²) in [5.41, 5.74) is 6.91. The number of fused-ring (bicyclic) bond motifs is 1. The third-order valence-electron chi connectivity index (χ3n) is 4.37. The van der Waals surface area contributed by atoms with Crippen LogP contribution in [0.4, 0.5) is 10.1 Å². The summed E-state index contributed by atoms with van der Waals surface area (Å²) in [4.78, 5) is 26.7. The lowest BCUT2D eigenvalue weighted by Crippen LogP contribution is -2.11. The number of primary amides is 1. The van der Waals surface area contributed by atoms with Gasteiger partial charge in [-0.2, -0.15) is 0 Å². The Bertz CT molecular complexity index is 1220. The molecule has 7 heteroatoms. The molecule has 0 unspecified atom stereocenters. The van der Waals surface area contributed by atoms with E-state index < -0.39 is 17.6 Å². The summed E-state index contributed by atoms with van der Waals surface area (Å²) in [6, 6.07) is 17.8. The lowest BCUT2D eigenvalue weighted by molar-refractivity contribution is 0.0997. The van der Waals surface area contributed by atoms with Gasteiger partial charge < -0.3 is 20.8 Å². The van der Waals surface area contributed by atoms with Crippen molar-refractivity contribution >= 4 is 28.4 Å². The zero-order chi connectivity index (χ0) is 20.4. The predicted octanol–water partition coefficient (Wildman–Crippen LogP) is 4.45. The molecule has 144 valence electrons. The zero-order valence-corrected chi connectivity index (χ0v) is 15.1. The summed E-state index contributed by atoms with van der Waals surface area (Å²) >= 11 is 0. The van der Waals surface area contributed by atoms with Crippen molar-refractivity contribution < 1.29 is 18.7 Å². The number of carbonyl (C=O) groups excluding carboxylic acids is 2. The fourth-order valence-electron chi connectivity index (χ4n) is 2.97. The van der Waals surface area contributed by atoms with E-state index in [1.165, 1.54) is 12.3 Å². The van der Waals surface area contributed by atoms with Crippen molar-refractivity contribution in [3.63, 3.8) is 0 Å². The summed E-state index contributed by atoms with van der Waals surface area (Å²) in [6.07, 6.45) is 1.48. The minimum atomic E-state index is -0.540. The van der Waals surface area contributed by atoms with Crippen LogP contribution < -0.4 is 15.8 Å². The van der Waals surface area contributed by atoms with Crippen LogP contribution in [0.5, 0.6) is 11.5 Å². The molecule has 1 aromatic heterocycles. The highest BCUT2D eigenvalue weighted by atomic mass is 19.1. The Labute approximate surface area is 165 Å². The molecule has 0 spiro atoms. The summed E-state index contributed by atoms with van der Waals surface area (Å²) < 4.78 is 19.8. The zero-order valence-electron chi connectivity index (χ0n) is 15.1. The van der Waals surface area contributed by atoms with Crippen LogP contribution in [0.25, 0.3) is 10.9 Å². The molecule has 4 rings (SSSR count). The number of amides is 2. The van der Waals surface area contributed by atoms with Gasteiger partial charge in [0.15, 0.2) is 0 Å². The Morgan fingerprint density at radius 3 is 2.48 bits per heavy atom. The highest BCUT2D eigenvalue weighted by molar-refractivity contribution is 6.12. The first kappa shape index (κ1) is 18.2. The Hall–Kier alpha value is -4.13. The van der Waals surface area contributed by atoms with Gasteiger partial charge in [-0.1, -0.05) is 12.1 Å². The van der Waals surface area contributed by atoms with Crippen molar-refractivity contribution in [1.82, 2.24) is 4.98 Å². The second-order valence-corrected chi connectivity index (χ2v) is 6.34. The second-order valence-electron chi connectivity index (χ2n) is 6.34. The summed E-state index contributed by atoms with van der Waals surface area (Å²) in [5.74, 6) is -0.447. The van der Waals surface area contributed by atoms with Crippen LogP contribution in [0.15, 0.2) is 72.9 Å². The van der Waals surface area contributed by atoms with E-state index in [-0.39, 0.29) is 10.9 Å². The van der Waals surface area contributed by atoms with E-state index >= 15 is 0 Å². The fraction of sp³-hybridized carbons (Fsp3) is 0. The predicted molar refractivity (Wildman–Crippen MR) is 108 cm³/mol. The van der Waals surface area contributed by atoms with E-state index in [0.717, 1.165) is 0 Å². The Kier molecular flexibility index (Phi) is 4.70. The molecule has 29 heavy (non-hydrogen) atoms. The second kappa shape index (κ2) is 7.47. The number of halogens is 1. The van der Waals surface area contributed by atoms with Crippen molar-refractivity contribution in [2.45, 2.75) is 0 Å². The molecule has 0 atom stereocenters. The summed E-state index contributed by atoms with van der Waals surface area (Å²) in [7, 11) is 0. The molecule has 0 aliphatic heterocycles. The first-order chi connectivity index (χ1) is 14.0. The number of hydrogen-bond acceptors (Lipinski definition) is 3. The number of aromatic amines is 1. The fourth-order valence-corrected chi connectivity index (χ4v) is 2.97. The number of H-pyrrole nitrogens is 1. The number of anilines is 1. The molecule has 0 aliphatic rings. The van der Waals surface area contributed by atoms with Gasteiger partial charge in [0, 0.05) is 28.4 Å². The van der Waals surface area contributed by atoms with Gasteiger partial charge in [-0.25, -0.2) is 4.39 Å². The molecule has 0 fully saturated rings. The topological polar surface area (TPSA) is 97.2 Å². The molecule has 4 N–H and O–H groups in total. The summed E-state index contributed by atoms with van der Waals surface area (Å²) in [6.45, 7) is 0. The van der Waals surface area contributed by atoms with Gasteiger partial charge in [-0.05, 0) is 54.6 Å². The Balaban J connectivity index is 1.49. The van der Waals surface area contributed by atoms with Crippen molar-refractivity contribution in [3.8, 4) is 11.5 Å². The normalized spacial score (nSPS) is 10.7. The molecule has 3 aromatic carbocycles. The van der Waals surface area contributed by atoms with Crippen LogP contribution >= 0.6 is 0 Å². The number of ether oxygens (including phenoxy) is 1. The average Bonchev–Trinajstić information content (AvgIpc) is 3.15. The van der Waals surface area contributed by atoms with Crippen LogP contribution in [0.2, 0.25) is 0 Å². The van der Waals surface area contributed by atoms with E-state index in [1.807, 2.05) is 0 Å². The monoisotopic (exact) mass is 389 g/mol. The van der Waals surface area contributed by atoms with E-state index in [0.29, 0.717) is 28.3 Å². The minimum absolute atomic E-state index is 0.224. The molecule has 0 saturated carbocycles. The largest absolute Gasteiger partial charge is 0.457 e.